The van der Waals surface area contributed by atoms with Crippen LogP contribution in [0.2, 0.25) is 0 Å². The zero-order valence-electron chi connectivity index (χ0n) is 10.8. The number of aryl methyl sites for hydroxylation is 2. The summed E-state index contributed by atoms with van der Waals surface area (Å²) in [5.41, 5.74) is 0.429. The lowest BCUT2D eigenvalue weighted by atomic mass is 10.3. The number of hydrogen-bond donors (Lipinski definition) is 1. The molecule has 0 bridgehead atoms. The van der Waals surface area contributed by atoms with E-state index >= 15 is 0 Å². The zero-order valence-corrected chi connectivity index (χ0v) is 11.6. The molecule has 0 amide bonds. The molecular formula is C10H18N4O3S. The minimum Gasteiger partial charge on any atom is -0.364 e. The van der Waals surface area contributed by atoms with E-state index in [-0.39, 0.29) is 5.69 Å². The predicted octanol–water partition coefficient (Wildman–Crippen LogP) is 1.30. The molecule has 8 heteroatoms. The van der Waals surface area contributed by atoms with E-state index in [2.05, 4.69) is 10.4 Å². The monoisotopic (exact) mass is 274 g/mol. The van der Waals surface area contributed by atoms with Crippen molar-refractivity contribution in [2.24, 2.45) is 0 Å². The third kappa shape index (κ3) is 3.52. The second kappa shape index (κ2) is 6.48. The second-order valence-corrected chi connectivity index (χ2v) is 5.47. The molecule has 1 aromatic heterocycles. The fraction of sp³-hybridized carbons (Fsp3) is 0.700. The maximum Gasteiger partial charge on any atom is 0.333 e. The van der Waals surface area contributed by atoms with Gasteiger partial charge in [0.2, 0.25) is 5.82 Å². The van der Waals surface area contributed by atoms with Crippen LogP contribution in [0.5, 0.6) is 0 Å². The van der Waals surface area contributed by atoms with Gasteiger partial charge in [-0.3, -0.25) is 14.3 Å². The number of nitrogens with one attached hydrogen (secondary N) is 1. The standard InChI is InChI=1S/C10H18N4O3S/c1-4-13-10(11-6-5-7-18(3)17)9(14(15)16)8(2)12-13/h11H,4-7H2,1-3H3. The fourth-order valence-electron chi connectivity index (χ4n) is 1.68. The van der Waals surface area contributed by atoms with E-state index in [4.69, 9.17) is 0 Å². The SMILES string of the molecule is CCn1nc(C)c([N+](=O)[O-])c1NCCCS(C)=O. The molecule has 0 aliphatic carbocycles. The van der Waals surface area contributed by atoms with Crippen molar-refractivity contribution in [1.82, 2.24) is 9.78 Å². The summed E-state index contributed by atoms with van der Waals surface area (Å²) in [5, 5.41) is 18.1. The average molecular weight is 274 g/mol. The first-order valence-electron chi connectivity index (χ1n) is 5.73. The first kappa shape index (κ1) is 14.6. The van der Waals surface area contributed by atoms with E-state index in [1.165, 1.54) is 0 Å². The Bertz CT molecular complexity index is 458. The van der Waals surface area contributed by atoms with Gasteiger partial charge in [0, 0.05) is 35.9 Å². The maximum absolute atomic E-state index is 11.0. The van der Waals surface area contributed by atoms with Crippen molar-refractivity contribution < 1.29 is 9.13 Å². The van der Waals surface area contributed by atoms with Crippen LogP contribution in [-0.2, 0) is 17.3 Å². The third-order valence-electron chi connectivity index (χ3n) is 2.48. The largest absolute Gasteiger partial charge is 0.364 e. The fourth-order valence-corrected chi connectivity index (χ4v) is 2.23. The number of nitrogens with zero attached hydrogens (tertiary/aromatic N) is 3. The Labute approximate surface area is 108 Å². The van der Waals surface area contributed by atoms with Gasteiger partial charge in [-0.25, -0.2) is 4.68 Å². The van der Waals surface area contributed by atoms with Crippen LogP contribution >= 0.6 is 0 Å². The lowest BCUT2D eigenvalue weighted by Crippen LogP contribution is -2.11. The smallest absolute Gasteiger partial charge is 0.333 e. The van der Waals surface area contributed by atoms with Crippen molar-refractivity contribution in [1.29, 1.82) is 0 Å². The highest BCUT2D eigenvalue weighted by Crippen LogP contribution is 2.27. The van der Waals surface area contributed by atoms with Gasteiger partial charge >= 0.3 is 5.69 Å². The van der Waals surface area contributed by atoms with Crippen molar-refractivity contribution in [2.75, 3.05) is 23.9 Å². The molecule has 0 saturated carbocycles. The molecular weight excluding hydrogens is 256 g/mol. The van der Waals surface area contributed by atoms with Gasteiger partial charge in [0.05, 0.1) is 4.92 Å². The highest BCUT2D eigenvalue weighted by molar-refractivity contribution is 7.84. The molecule has 0 aliphatic heterocycles. The van der Waals surface area contributed by atoms with Crippen molar-refractivity contribution in [3.8, 4) is 0 Å². The van der Waals surface area contributed by atoms with Crippen LogP contribution in [0.4, 0.5) is 11.5 Å². The minimum absolute atomic E-state index is 0.0227. The Balaban J connectivity index is 2.79. The second-order valence-electron chi connectivity index (χ2n) is 3.91. The number of aromatic nitrogens is 2. The Morgan fingerprint density at radius 3 is 2.72 bits per heavy atom. The van der Waals surface area contributed by atoms with Crippen LogP contribution in [0, 0.1) is 17.0 Å². The molecule has 1 aromatic rings. The minimum atomic E-state index is -0.836. The van der Waals surface area contributed by atoms with E-state index in [0.717, 1.165) is 0 Å². The number of nitro groups is 1. The summed E-state index contributed by atoms with van der Waals surface area (Å²) in [6.07, 6.45) is 2.34. The van der Waals surface area contributed by atoms with Crippen LogP contribution in [0.15, 0.2) is 0 Å². The van der Waals surface area contributed by atoms with Crippen molar-refractivity contribution in [3.05, 3.63) is 15.8 Å². The quantitative estimate of drug-likeness (QED) is 0.460. The highest BCUT2D eigenvalue weighted by atomic mass is 32.2. The summed E-state index contributed by atoms with van der Waals surface area (Å²) in [5.74, 6) is 1.02. The Hall–Kier alpha value is -1.44. The van der Waals surface area contributed by atoms with E-state index in [9.17, 15) is 14.3 Å². The molecule has 1 rings (SSSR count). The highest BCUT2D eigenvalue weighted by Gasteiger charge is 2.24. The molecule has 0 aromatic carbocycles. The normalized spacial score (nSPS) is 12.4. The molecule has 0 fully saturated rings. The summed E-state index contributed by atoms with van der Waals surface area (Å²) < 4.78 is 12.5. The molecule has 1 N–H and O–H groups in total. The molecule has 0 radical (unpaired) electrons. The van der Waals surface area contributed by atoms with Gasteiger partial charge in [0.1, 0.15) is 5.69 Å². The zero-order chi connectivity index (χ0) is 13.7. The summed E-state index contributed by atoms with van der Waals surface area (Å²) in [6, 6.07) is 0. The molecule has 1 atom stereocenters. The average Bonchev–Trinajstić information content (AvgIpc) is 2.60. The van der Waals surface area contributed by atoms with E-state index < -0.39 is 15.7 Å². The van der Waals surface area contributed by atoms with Crippen molar-refractivity contribution >= 4 is 22.3 Å². The maximum atomic E-state index is 11.0. The van der Waals surface area contributed by atoms with E-state index in [1.54, 1.807) is 17.9 Å². The number of hydrogen-bond acceptors (Lipinski definition) is 5. The molecule has 1 unspecified atom stereocenters. The molecule has 1 heterocycles. The van der Waals surface area contributed by atoms with E-state index in [1.807, 2.05) is 6.92 Å². The van der Waals surface area contributed by atoms with Gasteiger partial charge < -0.3 is 5.32 Å². The lowest BCUT2D eigenvalue weighted by molar-refractivity contribution is -0.384. The topological polar surface area (TPSA) is 90.1 Å². The van der Waals surface area contributed by atoms with Gasteiger partial charge in [0.25, 0.3) is 0 Å². The molecule has 7 nitrogen and oxygen atoms in total. The van der Waals surface area contributed by atoms with Crippen LogP contribution in [0.3, 0.4) is 0 Å². The van der Waals surface area contributed by atoms with Crippen molar-refractivity contribution in [2.45, 2.75) is 26.8 Å². The first-order chi connectivity index (χ1) is 8.47. The number of rotatable bonds is 7. The predicted molar refractivity (Wildman–Crippen MR) is 71.3 cm³/mol. The number of anilines is 1. The molecule has 18 heavy (non-hydrogen) atoms. The third-order valence-corrected chi connectivity index (χ3v) is 3.34. The van der Waals surface area contributed by atoms with Gasteiger partial charge in [-0.2, -0.15) is 5.10 Å². The van der Waals surface area contributed by atoms with E-state index in [0.29, 0.717) is 36.8 Å². The summed E-state index contributed by atoms with van der Waals surface area (Å²) >= 11 is 0. The molecule has 0 aliphatic rings. The van der Waals surface area contributed by atoms with Crippen LogP contribution < -0.4 is 5.32 Å². The van der Waals surface area contributed by atoms with Gasteiger partial charge in [0.15, 0.2) is 0 Å². The Morgan fingerprint density at radius 1 is 1.56 bits per heavy atom. The molecule has 0 spiro atoms. The first-order valence-corrected chi connectivity index (χ1v) is 7.45. The molecule has 0 saturated heterocycles. The Morgan fingerprint density at radius 2 is 2.22 bits per heavy atom. The van der Waals surface area contributed by atoms with Crippen LogP contribution in [-0.4, -0.2) is 37.5 Å². The van der Waals surface area contributed by atoms with Gasteiger partial charge in [-0.05, 0) is 20.3 Å². The molecule has 102 valence electrons. The van der Waals surface area contributed by atoms with Gasteiger partial charge in [-0.1, -0.05) is 0 Å². The lowest BCUT2D eigenvalue weighted by Gasteiger charge is -2.06. The summed E-state index contributed by atoms with van der Waals surface area (Å²) in [7, 11) is -0.836. The van der Waals surface area contributed by atoms with Crippen LogP contribution in [0.1, 0.15) is 19.0 Å². The Kier molecular flexibility index (Phi) is 5.26. The van der Waals surface area contributed by atoms with Gasteiger partial charge in [-0.15, -0.1) is 0 Å². The summed E-state index contributed by atoms with van der Waals surface area (Å²) in [4.78, 5) is 10.6. The van der Waals surface area contributed by atoms with Crippen LogP contribution in [0.25, 0.3) is 0 Å². The summed E-state index contributed by atoms with van der Waals surface area (Å²) in [6.45, 7) is 4.61. The van der Waals surface area contributed by atoms with Crippen molar-refractivity contribution in [3.63, 3.8) is 0 Å².